The number of aryl methyl sites for hydroxylation is 1. The van der Waals surface area contributed by atoms with Crippen molar-refractivity contribution in [1.82, 2.24) is 15.1 Å². The van der Waals surface area contributed by atoms with Gasteiger partial charge in [-0.15, -0.1) is 10.2 Å². The SMILES string of the molecule is COc1ccc(N2CCN(C(=O)C3CC(=O)N(c4ccccc4C)C3)CC2)nn1. The van der Waals surface area contributed by atoms with Crippen molar-refractivity contribution in [3.63, 3.8) is 0 Å². The van der Waals surface area contributed by atoms with Gasteiger partial charge in [0.2, 0.25) is 17.7 Å². The number of carbonyl (C=O) groups excluding carboxylic acids is 2. The third-order valence-electron chi connectivity index (χ3n) is 5.63. The molecule has 1 aromatic carbocycles. The summed E-state index contributed by atoms with van der Waals surface area (Å²) < 4.78 is 5.04. The first kappa shape index (κ1) is 19.2. The van der Waals surface area contributed by atoms with Crippen molar-refractivity contribution >= 4 is 23.3 Å². The Labute approximate surface area is 170 Å². The number of ether oxygens (including phenoxy) is 1. The maximum atomic E-state index is 13.0. The molecule has 0 aliphatic carbocycles. The summed E-state index contributed by atoms with van der Waals surface area (Å²) in [6, 6.07) is 11.5. The van der Waals surface area contributed by atoms with E-state index in [1.165, 1.54) is 0 Å². The van der Waals surface area contributed by atoms with E-state index in [1.54, 1.807) is 18.1 Å². The van der Waals surface area contributed by atoms with E-state index in [2.05, 4.69) is 15.1 Å². The van der Waals surface area contributed by atoms with Crippen molar-refractivity contribution in [3.8, 4) is 5.88 Å². The molecule has 1 aromatic heterocycles. The topological polar surface area (TPSA) is 78.9 Å². The van der Waals surface area contributed by atoms with Crippen LogP contribution in [0.3, 0.4) is 0 Å². The first-order valence-corrected chi connectivity index (χ1v) is 9.84. The number of carbonyl (C=O) groups is 2. The molecule has 2 aliphatic rings. The zero-order valence-corrected chi connectivity index (χ0v) is 16.7. The monoisotopic (exact) mass is 395 g/mol. The minimum Gasteiger partial charge on any atom is -0.480 e. The number of nitrogens with zero attached hydrogens (tertiary/aromatic N) is 5. The second-order valence-electron chi connectivity index (χ2n) is 7.44. The molecule has 2 amide bonds. The number of methoxy groups -OCH3 is 1. The molecule has 8 heteroatoms. The minimum atomic E-state index is -0.283. The molecule has 0 bridgehead atoms. The van der Waals surface area contributed by atoms with E-state index in [1.807, 2.05) is 42.2 Å². The molecule has 2 fully saturated rings. The minimum absolute atomic E-state index is 0.0183. The van der Waals surface area contributed by atoms with Crippen molar-refractivity contribution < 1.29 is 14.3 Å². The standard InChI is InChI=1S/C21H25N5O3/c1-15-5-3-4-6-17(15)26-14-16(13-20(26)27)21(28)25-11-9-24(10-12-25)18-7-8-19(29-2)23-22-18/h3-8,16H,9-14H2,1-2H3. The second-order valence-corrected chi connectivity index (χ2v) is 7.44. The normalized spacial score (nSPS) is 19.6. The number of hydrogen-bond donors (Lipinski definition) is 0. The van der Waals surface area contributed by atoms with Gasteiger partial charge in [-0.2, -0.15) is 0 Å². The lowest BCUT2D eigenvalue weighted by Gasteiger charge is -2.36. The molecule has 0 spiro atoms. The van der Waals surface area contributed by atoms with E-state index >= 15 is 0 Å². The van der Waals surface area contributed by atoms with Gasteiger partial charge >= 0.3 is 0 Å². The first-order chi connectivity index (χ1) is 14.1. The average Bonchev–Trinajstić information content (AvgIpc) is 3.15. The molecule has 152 valence electrons. The Morgan fingerprint density at radius 2 is 1.83 bits per heavy atom. The third kappa shape index (κ3) is 3.87. The quantitative estimate of drug-likeness (QED) is 0.781. The maximum absolute atomic E-state index is 13.0. The van der Waals surface area contributed by atoms with Crippen LogP contribution >= 0.6 is 0 Å². The zero-order chi connectivity index (χ0) is 20.4. The van der Waals surface area contributed by atoms with E-state index in [4.69, 9.17) is 4.74 Å². The molecule has 1 atom stereocenters. The molecule has 8 nitrogen and oxygen atoms in total. The van der Waals surface area contributed by atoms with Gasteiger partial charge < -0.3 is 19.4 Å². The highest BCUT2D eigenvalue weighted by Gasteiger charge is 2.38. The smallest absolute Gasteiger partial charge is 0.233 e. The number of anilines is 2. The molecule has 0 N–H and O–H groups in total. The summed E-state index contributed by atoms with van der Waals surface area (Å²) in [7, 11) is 1.56. The van der Waals surface area contributed by atoms with Gasteiger partial charge in [-0.25, -0.2) is 0 Å². The van der Waals surface area contributed by atoms with Crippen LogP contribution in [-0.2, 0) is 9.59 Å². The number of amides is 2. The lowest BCUT2D eigenvalue weighted by atomic mass is 10.1. The summed E-state index contributed by atoms with van der Waals surface area (Å²) in [5, 5.41) is 8.18. The predicted octanol–water partition coefficient (Wildman–Crippen LogP) is 1.50. The number of benzene rings is 1. The number of para-hydroxylation sites is 1. The van der Waals surface area contributed by atoms with Crippen LogP contribution in [0.5, 0.6) is 5.88 Å². The van der Waals surface area contributed by atoms with Gasteiger partial charge in [0, 0.05) is 50.9 Å². The molecule has 2 aliphatic heterocycles. The van der Waals surface area contributed by atoms with Crippen LogP contribution in [0, 0.1) is 12.8 Å². The van der Waals surface area contributed by atoms with Crippen LogP contribution < -0.4 is 14.5 Å². The Morgan fingerprint density at radius 3 is 2.48 bits per heavy atom. The molecule has 3 heterocycles. The Kier molecular flexibility index (Phi) is 5.33. The summed E-state index contributed by atoms with van der Waals surface area (Å²) in [6.45, 7) is 5.04. The fourth-order valence-corrected chi connectivity index (χ4v) is 3.98. The Morgan fingerprint density at radius 1 is 1.07 bits per heavy atom. The average molecular weight is 395 g/mol. The summed E-state index contributed by atoms with van der Waals surface area (Å²) >= 11 is 0. The van der Waals surface area contributed by atoms with Crippen molar-refractivity contribution in [1.29, 1.82) is 0 Å². The van der Waals surface area contributed by atoms with E-state index in [-0.39, 0.29) is 24.2 Å². The third-order valence-corrected chi connectivity index (χ3v) is 5.63. The van der Waals surface area contributed by atoms with Crippen molar-refractivity contribution in [2.45, 2.75) is 13.3 Å². The van der Waals surface area contributed by atoms with E-state index in [0.717, 1.165) is 17.1 Å². The highest BCUT2D eigenvalue weighted by atomic mass is 16.5. The molecule has 0 radical (unpaired) electrons. The maximum Gasteiger partial charge on any atom is 0.233 e. The van der Waals surface area contributed by atoms with Crippen molar-refractivity contribution in [3.05, 3.63) is 42.0 Å². The largest absolute Gasteiger partial charge is 0.480 e. The highest BCUT2D eigenvalue weighted by molar-refractivity contribution is 6.00. The molecule has 2 saturated heterocycles. The van der Waals surface area contributed by atoms with Crippen LogP contribution in [0.25, 0.3) is 0 Å². The Hall–Kier alpha value is -3.16. The lowest BCUT2D eigenvalue weighted by Crippen LogP contribution is -2.51. The number of piperazine rings is 1. The lowest BCUT2D eigenvalue weighted by molar-refractivity contribution is -0.136. The van der Waals surface area contributed by atoms with Crippen LogP contribution in [0.15, 0.2) is 36.4 Å². The molecule has 29 heavy (non-hydrogen) atoms. The predicted molar refractivity (Wildman–Crippen MR) is 109 cm³/mol. The summed E-state index contributed by atoms with van der Waals surface area (Å²) in [5.74, 6) is 1.06. The molecule has 2 aromatic rings. The van der Waals surface area contributed by atoms with Crippen LogP contribution in [0.4, 0.5) is 11.5 Å². The Bertz CT molecular complexity index is 893. The first-order valence-electron chi connectivity index (χ1n) is 9.84. The van der Waals surface area contributed by atoms with Gasteiger partial charge in [-0.1, -0.05) is 18.2 Å². The molecular formula is C21H25N5O3. The van der Waals surface area contributed by atoms with Gasteiger partial charge in [-0.05, 0) is 24.6 Å². The van der Waals surface area contributed by atoms with Crippen LogP contribution in [0.1, 0.15) is 12.0 Å². The number of hydrogen-bond acceptors (Lipinski definition) is 6. The fraction of sp³-hybridized carbons (Fsp3) is 0.429. The molecule has 0 saturated carbocycles. The summed E-state index contributed by atoms with van der Waals surface area (Å²) in [5.41, 5.74) is 1.94. The molecule has 4 rings (SSSR count). The van der Waals surface area contributed by atoms with Gasteiger partial charge in [0.25, 0.3) is 0 Å². The van der Waals surface area contributed by atoms with Crippen molar-refractivity contribution in [2.24, 2.45) is 5.92 Å². The van der Waals surface area contributed by atoms with Gasteiger partial charge in [0.1, 0.15) is 0 Å². The van der Waals surface area contributed by atoms with Gasteiger partial charge in [0.15, 0.2) is 5.82 Å². The number of rotatable bonds is 4. The summed E-state index contributed by atoms with van der Waals surface area (Å²) in [4.78, 5) is 31.3. The van der Waals surface area contributed by atoms with Crippen LogP contribution in [-0.4, -0.2) is 66.7 Å². The number of aromatic nitrogens is 2. The van der Waals surface area contributed by atoms with Crippen molar-refractivity contribution in [2.75, 3.05) is 49.6 Å². The molecular weight excluding hydrogens is 370 g/mol. The van der Waals surface area contributed by atoms with Gasteiger partial charge in [-0.3, -0.25) is 9.59 Å². The van der Waals surface area contributed by atoms with E-state index < -0.39 is 0 Å². The Balaban J connectivity index is 1.36. The van der Waals surface area contributed by atoms with Crippen LogP contribution in [0.2, 0.25) is 0 Å². The molecule has 1 unspecified atom stereocenters. The highest BCUT2D eigenvalue weighted by Crippen LogP contribution is 2.29. The second kappa shape index (κ2) is 8.06. The fourth-order valence-electron chi connectivity index (χ4n) is 3.98. The van der Waals surface area contributed by atoms with E-state index in [9.17, 15) is 9.59 Å². The summed E-state index contributed by atoms with van der Waals surface area (Å²) in [6.07, 6.45) is 0.275. The zero-order valence-electron chi connectivity index (χ0n) is 16.7. The van der Waals surface area contributed by atoms with E-state index in [0.29, 0.717) is 38.6 Å². The van der Waals surface area contributed by atoms with Gasteiger partial charge in [0.05, 0.1) is 13.0 Å².